The molecule has 0 amide bonds. The Labute approximate surface area is 123 Å². The first-order chi connectivity index (χ1) is 8.85. The normalized spacial score (nSPS) is 23.9. The first-order valence-electron chi connectivity index (χ1n) is 7.33. The van der Waals surface area contributed by atoms with E-state index in [1.54, 1.807) is 5.56 Å². The molecule has 2 fully saturated rings. The Hall–Kier alpha value is -0.570. The molecule has 0 aromatic heterocycles. The van der Waals surface area contributed by atoms with E-state index in [0.717, 1.165) is 12.5 Å². The van der Waals surface area contributed by atoms with Crippen LogP contribution in [0, 0.1) is 0 Å². The van der Waals surface area contributed by atoms with Crippen molar-refractivity contribution in [3.63, 3.8) is 0 Å². The number of halogens is 1. The highest BCUT2D eigenvalue weighted by molar-refractivity contribution is 5.85. The van der Waals surface area contributed by atoms with Gasteiger partial charge >= 0.3 is 0 Å². The molecule has 106 valence electrons. The Balaban J connectivity index is 0.00000133. The number of piperidine rings is 1. The van der Waals surface area contributed by atoms with Crippen molar-refractivity contribution < 1.29 is 0 Å². The zero-order valence-electron chi connectivity index (χ0n) is 11.8. The van der Waals surface area contributed by atoms with Crippen LogP contribution in [-0.4, -0.2) is 31.1 Å². The number of hydrogen-bond donors (Lipinski definition) is 1. The Morgan fingerprint density at radius 1 is 1.26 bits per heavy atom. The summed E-state index contributed by atoms with van der Waals surface area (Å²) in [5.41, 5.74) is 3.06. The van der Waals surface area contributed by atoms with Gasteiger partial charge in [-0.25, -0.2) is 0 Å². The molecule has 1 aromatic rings. The van der Waals surface area contributed by atoms with Crippen molar-refractivity contribution in [2.24, 2.45) is 0 Å². The number of benzene rings is 1. The van der Waals surface area contributed by atoms with Crippen LogP contribution in [0.3, 0.4) is 0 Å². The highest BCUT2D eigenvalue weighted by Crippen LogP contribution is 2.40. The molecular formula is C16H25ClN2. The monoisotopic (exact) mass is 280 g/mol. The quantitative estimate of drug-likeness (QED) is 0.911. The van der Waals surface area contributed by atoms with Crippen LogP contribution in [0.15, 0.2) is 24.3 Å². The lowest BCUT2D eigenvalue weighted by molar-refractivity contribution is 0.188. The third-order valence-corrected chi connectivity index (χ3v) is 4.32. The van der Waals surface area contributed by atoms with E-state index in [9.17, 15) is 0 Å². The van der Waals surface area contributed by atoms with Gasteiger partial charge in [0.1, 0.15) is 0 Å². The number of likely N-dealkylation sites (tertiary alicyclic amines) is 1. The molecule has 1 saturated heterocycles. The maximum absolute atomic E-state index is 3.42. The summed E-state index contributed by atoms with van der Waals surface area (Å²) in [6.45, 7) is 3.58. The Morgan fingerprint density at radius 3 is 2.84 bits per heavy atom. The first-order valence-corrected chi connectivity index (χ1v) is 7.33. The summed E-state index contributed by atoms with van der Waals surface area (Å²) in [7, 11) is 2.09. The molecule has 3 heteroatoms. The topological polar surface area (TPSA) is 15.3 Å². The maximum Gasteiger partial charge on any atom is 0.0234 e. The van der Waals surface area contributed by atoms with E-state index >= 15 is 0 Å². The second-order valence-corrected chi connectivity index (χ2v) is 5.88. The van der Waals surface area contributed by atoms with E-state index in [4.69, 9.17) is 0 Å². The van der Waals surface area contributed by atoms with Gasteiger partial charge in [0.15, 0.2) is 0 Å². The molecular weight excluding hydrogens is 256 g/mol. The fourth-order valence-corrected chi connectivity index (χ4v) is 3.06. The zero-order valence-corrected chi connectivity index (χ0v) is 12.6. The van der Waals surface area contributed by atoms with Crippen molar-refractivity contribution >= 4 is 12.4 Å². The zero-order chi connectivity index (χ0) is 12.4. The van der Waals surface area contributed by atoms with Crippen LogP contribution in [0.1, 0.15) is 42.7 Å². The fourth-order valence-electron chi connectivity index (χ4n) is 3.06. The van der Waals surface area contributed by atoms with Crippen LogP contribution in [0.2, 0.25) is 0 Å². The van der Waals surface area contributed by atoms with E-state index in [1.807, 2.05) is 0 Å². The van der Waals surface area contributed by atoms with Crippen LogP contribution in [-0.2, 0) is 6.54 Å². The van der Waals surface area contributed by atoms with Crippen molar-refractivity contribution in [1.29, 1.82) is 0 Å². The molecule has 19 heavy (non-hydrogen) atoms. The van der Waals surface area contributed by atoms with Crippen molar-refractivity contribution in [3.8, 4) is 0 Å². The maximum atomic E-state index is 3.42. The van der Waals surface area contributed by atoms with E-state index in [2.05, 4.69) is 41.5 Å². The van der Waals surface area contributed by atoms with Crippen LogP contribution >= 0.6 is 12.4 Å². The number of hydrogen-bond acceptors (Lipinski definition) is 2. The van der Waals surface area contributed by atoms with Crippen molar-refractivity contribution in [1.82, 2.24) is 10.2 Å². The Morgan fingerprint density at radius 2 is 2.11 bits per heavy atom. The minimum absolute atomic E-state index is 0. The molecule has 1 aliphatic heterocycles. The predicted octanol–water partition coefficient (Wildman–Crippen LogP) is 3.17. The minimum Gasteiger partial charge on any atom is -0.316 e. The third-order valence-electron chi connectivity index (χ3n) is 4.32. The van der Waals surface area contributed by atoms with E-state index in [0.29, 0.717) is 6.04 Å². The van der Waals surface area contributed by atoms with Gasteiger partial charge in [-0.05, 0) is 56.3 Å². The lowest BCUT2D eigenvalue weighted by Crippen LogP contribution is -2.43. The number of rotatable bonds is 4. The van der Waals surface area contributed by atoms with Gasteiger partial charge in [-0.1, -0.05) is 24.3 Å². The van der Waals surface area contributed by atoms with Crippen LogP contribution in [0.5, 0.6) is 0 Å². The third kappa shape index (κ3) is 3.95. The van der Waals surface area contributed by atoms with Gasteiger partial charge in [-0.2, -0.15) is 0 Å². The molecule has 2 nitrogen and oxygen atoms in total. The summed E-state index contributed by atoms with van der Waals surface area (Å²) in [5.74, 6) is 0.872. The molecule has 1 N–H and O–H groups in total. The molecule has 1 aliphatic carbocycles. The largest absolute Gasteiger partial charge is 0.316 e. The Bertz CT molecular complexity index is 403. The summed E-state index contributed by atoms with van der Waals surface area (Å²) in [5, 5.41) is 3.42. The summed E-state index contributed by atoms with van der Waals surface area (Å²) in [6, 6.07) is 9.94. The number of likely N-dealkylation sites (N-methyl/N-ethyl adjacent to an activating group) is 1. The molecule has 1 aromatic carbocycles. The van der Waals surface area contributed by atoms with Crippen LogP contribution in [0.4, 0.5) is 0 Å². The van der Waals surface area contributed by atoms with Gasteiger partial charge in [-0.3, -0.25) is 4.90 Å². The van der Waals surface area contributed by atoms with E-state index in [1.165, 1.54) is 44.3 Å². The molecule has 2 aliphatic rings. The predicted molar refractivity (Wildman–Crippen MR) is 83.0 cm³/mol. The smallest absolute Gasteiger partial charge is 0.0234 e. The summed E-state index contributed by atoms with van der Waals surface area (Å²) in [6.07, 6.45) is 5.45. The minimum atomic E-state index is 0. The lowest BCUT2D eigenvalue weighted by atomic mass is 10.0. The van der Waals surface area contributed by atoms with Crippen molar-refractivity contribution in [2.75, 3.05) is 20.1 Å². The number of nitrogens with one attached hydrogen (secondary N) is 1. The standard InChI is InChI=1S/C16H24N2.ClH/c1-17-16-6-3-9-18(12-16)11-13-4-2-5-15(10-13)14-7-8-14;/h2,4-5,10,14,16-17H,3,6-9,11-12H2,1H3;1H. The molecule has 1 atom stereocenters. The van der Waals surface area contributed by atoms with E-state index in [-0.39, 0.29) is 12.4 Å². The number of nitrogens with zero attached hydrogens (tertiary/aromatic N) is 1. The van der Waals surface area contributed by atoms with E-state index < -0.39 is 0 Å². The van der Waals surface area contributed by atoms with Gasteiger partial charge in [-0.15, -0.1) is 12.4 Å². The highest BCUT2D eigenvalue weighted by Gasteiger charge is 2.24. The molecule has 1 saturated carbocycles. The lowest BCUT2D eigenvalue weighted by Gasteiger charge is -2.32. The second kappa shape index (κ2) is 6.74. The van der Waals surface area contributed by atoms with Crippen LogP contribution in [0.25, 0.3) is 0 Å². The average molecular weight is 281 g/mol. The molecule has 1 unspecified atom stereocenters. The van der Waals surface area contributed by atoms with Gasteiger partial charge in [0.2, 0.25) is 0 Å². The molecule has 0 spiro atoms. The van der Waals surface area contributed by atoms with Crippen LogP contribution < -0.4 is 5.32 Å². The molecule has 0 radical (unpaired) electrons. The van der Waals surface area contributed by atoms with Gasteiger partial charge in [0, 0.05) is 19.1 Å². The summed E-state index contributed by atoms with van der Waals surface area (Å²) >= 11 is 0. The Kier molecular flexibility index (Phi) is 5.26. The summed E-state index contributed by atoms with van der Waals surface area (Å²) < 4.78 is 0. The molecule has 3 rings (SSSR count). The van der Waals surface area contributed by atoms with Crippen molar-refractivity contribution in [3.05, 3.63) is 35.4 Å². The van der Waals surface area contributed by atoms with Gasteiger partial charge in [0.25, 0.3) is 0 Å². The summed E-state index contributed by atoms with van der Waals surface area (Å²) in [4.78, 5) is 2.59. The molecule has 0 bridgehead atoms. The fraction of sp³-hybridized carbons (Fsp3) is 0.625. The SMILES string of the molecule is CNC1CCCN(Cc2cccc(C3CC3)c2)C1.Cl. The van der Waals surface area contributed by atoms with Gasteiger partial charge in [0.05, 0.1) is 0 Å². The highest BCUT2D eigenvalue weighted by atomic mass is 35.5. The second-order valence-electron chi connectivity index (χ2n) is 5.88. The molecule has 1 heterocycles. The average Bonchev–Trinajstić information content (AvgIpc) is 3.24. The van der Waals surface area contributed by atoms with Crippen molar-refractivity contribution in [2.45, 2.75) is 44.2 Å². The van der Waals surface area contributed by atoms with Gasteiger partial charge < -0.3 is 5.32 Å². The first kappa shape index (κ1) is 14.8.